The number of nitrogens with two attached hydrogens (primary N) is 1. The molecule has 0 aliphatic heterocycles. The molecule has 2 aromatic heterocycles. The number of primary amides is 1. The van der Waals surface area contributed by atoms with E-state index >= 15 is 0 Å². The zero-order chi connectivity index (χ0) is 14.4. The van der Waals surface area contributed by atoms with Crippen LogP contribution in [0.15, 0.2) is 29.1 Å². The average Bonchev–Trinajstić information content (AvgIpc) is 2.90. The van der Waals surface area contributed by atoms with Crippen molar-refractivity contribution in [3.05, 3.63) is 40.3 Å². The van der Waals surface area contributed by atoms with Crippen molar-refractivity contribution in [3.8, 4) is 5.75 Å². The van der Waals surface area contributed by atoms with Gasteiger partial charge in [-0.1, -0.05) is 0 Å². The van der Waals surface area contributed by atoms with E-state index < -0.39 is 5.91 Å². The number of rotatable bonds is 2. The second-order valence-electron chi connectivity index (χ2n) is 4.41. The molecule has 1 aromatic carbocycles. The van der Waals surface area contributed by atoms with Crippen LogP contribution in [0.4, 0.5) is 0 Å². The van der Waals surface area contributed by atoms with Crippen molar-refractivity contribution in [2.45, 2.75) is 0 Å². The third-order valence-corrected chi connectivity index (χ3v) is 3.27. The maximum atomic E-state index is 12.4. The molecule has 0 atom stereocenters. The van der Waals surface area contributed by atoms with Crippen LogP contribution < -0.4 is 16.0 Å². The van der Waals surface area contributed by atoms with Crippen LogP contribution in [0.2, 0.25) is 0 Å². The van der Waals surface area contributed by atoms with Gasteiger partial charge >= 0.3 is 0 Å². The van der Waals surface area contributed by atoms with Gasteiger partial charge in [-0.25, -0.2) is 0 Å². The Hall–Kier alpha value is -2.83. The fraction of sp³-hybridized carbons (Fsp3) is 0.154. The molecular weight excluding hydrogens is 260 g/mol. The maximum absolute atomic E-state index is 12.4. The predicted octanol–water partition coefficient (Wildman–Crippen LogP) is 0.294. The second kappa shape index (κ2) is 4.09. The van der Waals surface area contributed by atoms with Gasteiger partial charge in [0.05, 0.1) is 18.0 Å². The Balaban J connectivity index is 2.50. The number of aryl methyl sites for hydroxylation is 1. The van der Waals surface area contributed by atoms with E-state index in [1.54, 1.807) is 29.8 Å². The third-order valence-electron chi connectivity index (χ3n) is 3.27. The number of ether oxygens (including phenoxy) is 1. The monoisotopic (exact) mass is 272 g/mol. The molecule has 0 aliphatic carbocycles. The lowest BCUT2D eigenvalue weighted by Gasteiger charge is -2.08. The molecule has 1 amide bonds. The lowest BCUT2D eigenvalue weighted by molar-refractivity contribution is 0.0995. The number of hydrogen-bond donors (Lipinski definition) is 1. The van der Waals surface area contributed by atoms with Crippen LogP contribution in [0.5, 0.6) is 5.75 Å². The number of fused-ring (bicyclic) bond motifs is 2. The quantitative estimate of drug-likeness (QED) is 0.726. The number of methoxy groups -OCH3 is 1. The standard InChI is InChI=1S/C13H12N4O3/c1-16-10-4-3-7(20-2)5-8(10)13(19)17-11(16)6-9(15-17)12(14)18/h3-6H,1-2H3,(H2,14,18). The number of nitrogens with zero attached hydrogens (tertiary/aromatic N) is 3. The van der Waals surface area contributed by atoms with Crippen molar-refractivity contribution in [2.24, 2.45) is 12.8 Å². The number of amides is 1. The number of hydrogen-bond acceptors (Lipinski definition) is 4. The Morgan fingerprint density at radius 1 is 1.35 bits per heavy atom. The van der Waals surface area contributed by atoms with Crippen LogP contribution in [0.3, 0.4) is 0 Å². The smallest absolute Gasteiger partial charge is 0.282 e. The summed E-state index contributed by atoms with van der Waals surface area (Å²) in [5.74, 6) is -0.0917. The molecule has 7 nitrogen and oxygen atoms in total. The van der Waals surface area contributed by atoms with Crippen molar-refractivity contribution in [1.29, 1.82) is 0 Å². The van der Waals surface area contributed by atoms with Crippen LogP contribution in [0.25, 0.3) is 16.6 Å². The topological polar surface area (TPSA) is 91.6 Å². The molecule has 7 heteroatoms. The second-order valence-corrected chi connectivity index (χ2v) is 4.41. The van der Waals surface area contributed by atoms with Gasteiger partial charge in [0.2, 0.25) is 0 Å². The molecule has 0 saturated heterocycles. The highest BCUT2D eigenvalue weighted by Gasteiger charge is 2.14. The van der Waals surface area contributed by atoms with E-state index in [2.05, 4.69) is 5.10 Å². The van der Waals surface area contributed by atoms with Gasteiger partial charge < -0.3 is 15.0 Å². The van der Waals surface area contributed by atoms with Crippen molar-refractivity contribution >= 4 is 22.5 Å². The van der Waals surface area contributed by atoms with Crippen LogP contribution in [0, 0.1) is 0 Å². The van der Waals surface area contributed by atoms with Gasteiger partial charge in [-0.15, -0.1) is 0 Å². The summed E-state index contributed by atoms with van der Waals surface area (Å²) in [5, 5.41) is 4.40. The molecule has 3 aromatic rings. The van der Waals surface area contributed by atoms with Gasteiger partial charge in [-0.3, -0.25) is 9.59 Å². The number of benzene rings is 1. The number of carbonyl (C=O) groups is 1. The average molecular weight is 272 g/mol. The SMILES string of the molecule is COc1ccc2c(c1)c(=O)n1nc(C(N)=O)cc1n2C. The largest absolute Gasteiger partial charge is 0.497 e. The molecule has 2 N–H and O–H groups in total. The van der Waals surface area contributed by atoms with E-state index in [-0.39, 0.29) is 11.3 Å². The molecule has 0 spiro atoms. The first-order chi connectivity index (χ1) is 9.52. The van der Waals surface area contributed by atoms with Crippen molar-refractivity contribution < 1.29 is 9.53 Å². The number of carbonyl (C=O) groups excluding carboxylic acids is 1. The minimum absolute atomic E-state index is 0.0555. The Morgan fingerprint density at radius 3 is 2.75 bits per heavy atom. The predicted molar refractivity (Wildman–Crippen MR) is 73.0 cm³/mol. The molecular formula is C13H12N4O3. The van der Waals surface area contributed by atoms with Crippen molar-refractivity contribution in [1.82, 2.24) is 14.2 Å². The van der Waals surface area contributed by atoms with Gasteiger partial charge in [-0.05, 0) is 18.2 Å². The van der Waals surface area contributed by atoms with Gasteiger partial charge in [0.1, 0.15) is 11.4 Å². The van der Waals surface area contributed by atoms with Crippen LogP contribution >= 0.6 is 0 Å². The Labute approximate surface area is 113 Å². The molecule has 0 bridgehead atoms. The van der Waals surface area contributed by atoms with E-state index in [1.165, 1.54) is 17.7 Å². The number of aromatic nitrogens is 3. The first kappa shape index (κ1) is 12.2. The minimum Gasteiger partial charge on any atom is -0.497 e. The fourth-order valence-electron chi connectivity index (χ4n) is 2.22. The van der Waals surface area contributed by atoms with Gasteiger partial charge in [-0.2, -0.15) is 9.61 Å². The van der Waals surface area contributed by atoms with Crippen molar-refractivity contribution in [3.63, 3.8) is 0 Å². The lowest BCUT2D eigenvalue weighted by atomic mass is 10.2. The van der Waals surface area contributed by atoms with E-state index in [4.69, 9.17) is 10.5 Å². The summed E-state index contributed by atoms with van der Waals surface area (Å²) < 4.78 is 8.06. The van der Waals surface area contributed by atoms with E-state index in [1.807, 2.05) is 0 Å². The highest BCUT2D eigenvalue weighted by atomic mass is 16.5. The van der Waals surface area contributed by atoms with E-state index in [0.29, 0.717) is 16.8 Å². The normalized spacial score (nSPS) is 11.1. The molecule has 0 unspecified atom stereocenters. The van der Waals surface area contributed by atoms with Crippen LogP contribution in [0.1, 0.15) is 10.5 Å². The Morgan fingerprint density at radius 2 is 2.10 bits per heavy atom. The molecule has 0 aliphatic rings. The summed E-state index contributed by atoms with van der Waals surface area (Å²) in [7, 11) is 3.32. The fourth-order valence-corrected chi connectivity index (χ4v) is 2.22. The Bertz CT molecular complexity index is 907. The summed E-state index contributed by atoms with van der Waals surface area (Å²) in [4.78, 5) is 23.6. The highest BCUT2D eigenvalue weighted by molar-refractivity contribution is 5.92. The summed E-state index contributed by atoms with van der Waals surface area (Å²) in [6, 6.07) is 6.69. The third kappa shape index (κ3) is 1.56. The van der Waals surface area contributed by atoms with Gasteiger partial charge in [0.15, 0.2) is 5.69 Å². The summed E-state index contributed by atoms with van der Waals surface area (Å²) >= 11 is 0. The van der Waals surface area contributed by atoms with E-state index in [0.717, 1.165) is 5.52 Å². The van der Waals surface area contributed by atoms with Crippen molar-refractivity contribution in [2.75, 3.05) is 7.11 Å². The lowest BCUT2D eigenvalue weighted by Crippen LogP contribution is -2.19. The summed E-state index contributed by atoms with van der Waals surface area (Å²) in [5.41, 5.74) is 6.16. The van der Waals surface area contributed by atoms with Gasteiger partial charge in [0, 0.05) is 13.1 Å². The molecule has 3 rings (SSSR count). The molecule has 20 heavy (non-hydrogen) atoms. The first-order valence-electron chi connectivity index (χ1n) is 5.89. The molecule has 0 radical (unpaired) electrons. The zero-order valence-corrected chi connectivity index (χ0v) is 11.0. The van der Waals surface area contributed by atoms with Crippen LogP contribution in [-0.4, -0.2) is 27.2 Å². The Kier molecular flexibility index (Phi) is 2.50. The molecule has 0 fully saturated rings. The summed E-state index contributed by atoms with van der Waals surface area (Å²) in [6.07, 6.45) is 0. The van der Waals surface area contributed by atoms with E-state index in [9.17, 15) is 9.59 Å². The van der Waals surface area contributed by atoms with Crippen LogP contribution in [-0.2, 0) is 7.05 Å². The summed E-state index contributed by atoms with van der Waals surface area (Å²) in [6.45, 7) is 0. The zero-order valence-electron chi connectivity index (χ0n) is 11.0. The molecule has 102 valence electrons. The first-order valence-corrected chi connectivity index (χ1v) is 5.89. The maximum Gasteiger partial charge on any atom is 0.282 e. The molecule has 0 saturated carbocycles. The highest BCUT2D eigenvalue weighted by Crippen LogP contribution is 2.19. The molecule has 2 heterocycles. The minimum atomic E-state index is -0.672. The van der Waals surface area contributed by atoms with Gasteiger partial charge in [0.25, 0.3) is 11.5 Å².